The first-order valence-corrected chi connectivity index (χ1v) is 11.2. The van der Waals surface area contributed by atoms with Gasteiger partial charge in [0, 0.05) is 36.8 Å². The van der Waals surface area contributed by atoms with Crippen LogP contribution in [0.1, 0.15) is 18.4 Å². The van der Waals surface area contributed by atoms with Crippen LogP contribution in [0.4, 0.5) is 24.5 Å². The maximum absolute atomic E-state index is 13.0. The molecule has 13 heteroatoms. The Morgan fingerprint density at radius 2 is 1.76 bits per heavy atom. The molecule has 2 aromatic carbocycles. The van der Waals surface area contributed by atoms with Gasteiger partial charge in [0.25, 0.3) is 5.69 Å². The molecule has 0 spiro atoms. The van der Waals surface area contributed by atoms with Gasteiger partial charge < -0.3 is 10.1 Å². The zero-order chi connectivity index (χ0) is 24.4. The minimum absolute atomic E-state index is 0.0426. The molecule has 9 nitrogen and oxygen atoms in total. The van der Waals surface area contributed by atoms with Crippen molar-refractivity contribution in [2.45, 2.75) is 31.0 Å². The van der Waals surface area contributed by atoms with E-state index in [1.54, 1.807) is 6.92 Å². The highest BCUT2D eigenvalue weighted by atomic mass is 32.2. The van der Waals surface area contributed by atoms with Gasteiger partial charge in [0.1, 0.15) is 5.75 Å². The third-order valence-corrected chi connectivity index (χ3v) is 7.22. The van der Waals surface area contributed by atoms with Gasteiger partial charge in [-0.1, -0.05) is 6.07 Å². The van der Waals surface area contributed by atoms with Gasteiger partial charge >= 0.3 is 6.36 Å². The molecule has 1 saturated heterocycles. The number of ether oxygens (including phenoxy) is 1. The zero-order valence-electron chi connectivity index (χ0n) is 17.3. The molecule has 1 aliphatic heterocycles. The highest BCUT2D eigenvalue weighted by molar-refractivity contribution is 7.89. The number of nitrogens with one attached hydrogen (secondary N) is 1. The summed E-state index contributed by atoms with van der Waals surface area (Å²) >= 11 is 0. The number of carbonyl (C=O) groups is 1. The second-order valence-corrected chi connectivity index (χ2v) is 9.35. The first-order chi connectivity index (χ1) is 15.4. The van der Waals surface area contributed by atoms with E-state index in [2.05, 4.69) is 10.1 Å². The van der Waals surface area contributed by atoms with Crippen molar-refractivity contribution in [3.63, 3.8) is 0 Å². The van der Waals surface area contributed by atoms with Gasteiger partial charge in [-0.05, 0) is 49.6 Å². The van der Waals surface area contributed by atoms with Crippen LogP contribution in [-0.2, 0) is 14.8 Å². The SMILES string of the molecule is Cc1ccc([N+](=O)[O-])cc1S(=O)(=O)N1CCC(C(=O)Nc2ccc(OC(F)(F)F)cc2)CC1. The number of anilines is 1. The second kappa shape index (κ2) is 9.35. The molecule has 1 amide bonds. The van der Waals surface area contributed by atoms with Gasteiger partial charge in [-0.25, -0.2) is 8.42 Å². The van der Waals surface area contributed by atoms with E-state index in [9.17, 15) is 36.5 Å². The van der Waals surface area contributed by atoms with E-state index in [0.717, 1.165) is 18.2 Å². The van der Waals surface area contributed by atoms with Crippen molar-refractivity contribution in [2.24, 2.45) is 5.92 Å². The molecule has 2 aromatic rings. The maximum atomic E-state index is 13.0. The molecule has 0 aromatic heterocycles. The van der Waals surface area contributed by atoms with Crippen molar-refractivity contribution < 1.29 is 36.0 Å². The molecular formula is C20H20F3N3O6S. The number of non-ortho nitro benzene ring substituents is 1. The van der Waals surface area contributed by atoms with Crippen LogP contribution in [0.25, 0.3) is 0 Å². The predicted octanol–water partition coefficient (Wildman–Crippen LogP) is 3.84. The summed E-state index contributed by atoms with van der Waals surface area (Å²) in [4.78, 5) is 22.7. The summed E-state index contributed by atoms with van der Waals surface area (Å²) < 4.78 is 67.6. The Labute approximate surface area is 187 Å². The summed E-state index contributed by atoms with van der Waals surface area (Å²) in [7, 11) is -3.99. The monoisotopic (exact) mass is 487 g/mol. The lowest BCUT2D eigenvalue weighted by Crippen LogP contribution is -2.41. The number of nitrogens with zero attached hydrogens (tertiary/aromatic N) is 2. The minimum atomic E-state index is -4.82. The Bertz CT molecular complexity index is 1140. The van der Waals surface area contributed by atoms with Gasteiger partial charge in [-0.15, -0.1) is 13.2 Å². The van der Waals surface area contributed by atoms with Crippen LogP contribution in [0, 0.1) is 23.0 Å². The fraction of sp³-hybridized carbons (Fsp3) is 0.350. The van der Waals surface area contributed by atoms with Crippen LogP contribution in [0.3, 0.4) is 0 Å². The number of piperidine rings is 1. The first kappa shape index (κ1) is 24.5. The van der Waals surface area contributed by atoms with Crippen molar-refractivity contribution in [3.8, 4) is 5.75 Å². The molecule has 0 radical (unpaired) electrons. The van der Waals surface area contributed by atoms with Gasteiger partial charge in [-0.3, -0.25) is 14.9 Å². The van der Waals surface area contributed by atoms with Crippen molar-refractivity contribution in [1.82, 2.24) is 4.31 Å². The standard InChI is InChI=1S/C20H20F3N3O6S/c1-13-2-5-16(26(28)29)12-18(13)33(30,31)25-10-8-14(9-11-25)19(27)24-15-3-6-17(7-4-15)32-20(21,22)23/h2-7,12,14H,8-11H2,1H3,(H,24,27). The van der Waals surface area contributed by atoms with Crippen molar-refractivity contribution in [1.29, 1.82) is 0 Å². The molecule has 3 rings (SSSR count). The normalized spacial score (nSPS) is 15.8. The number of amides is 1. The molecule has 0 atom stereocenters. The smallest absolute Gasteiger partial charge is 0.406 e. The molecule has 1 aliphatic rings. The molecule has 178 valence electrons. The lowest BCUT2D eigenvalue weighted by atomic mass is 9.97. The summed E-state index contributed by atoms with van der Waals surface area (Å²) in [5, 5.41) is 13.6. The Morgan fingerprint density at radius 3 is 2.30 bits per heavy atom. The van der Waals surface area contributed by atoms with Crippen LogP contribution < -0.4 is 10.1 Å². The largest absolute Gasteiger partial charge is 0.573 e. The lowest BCUT2D eigenvalue weighted by molar-refractivity contribution is -0.385. The van der Waals surface area contributed by atoms with E-state index in [1.165, 1.54) is 28.6 Å². The lowest BCUT2D eigenvalue weighted by Gasteiger charge is -2.30. The highest BCUT2D eigenvalue weighted by Gasteiger charge is 2.34. The Kier molecular flexibility index (Phi) is 6.93. The van der Waals surface area contributed by atoms with Gasteiger partial charge in [-0.2, -0.15) is 4.31 Å². The van der Waals surface area contributed by atoms with E-state index >= 15 is 0 Å². The van der Waals surface area contributed by atoms with E-state index in [4.69, 9.17) is 0 Å². The summed E-state index contributed by atoms with van der Waals surface area (Å²) in [6, 6.07) is 8.30. The van der Waals surface area contributed by atoms with Crippen LogP contribution >= 0.6 is 0 Å². The number of sulfonamides is 1. The Balaban J connectivity index is 1.62. The van der Waals surface area contributed by atoms with Gasteiger partial charge in [0.15, 0.2) is 0 Å². The fourth-order valence-corrected chi connectivity index (χ4v) is 5.18. The number of hydrogen-bond acceptors (Lipinski definition) is 6. The van der Waals surface area contributed by atoms with E-state index in [-0.39, 0.29) is 48.1 Å². The van der Waals surface area contributed by atoms with Gasteiger partial charge in [0.2, 0.25) is 15.9 Å². The number of aryl methyl sites for hydroxylation is 1. The quantitative estimate of drug-likeness (QED) is 0.489. The van der Waals surface area contributed by atoms with Crippen LogP contribution in [-0.4, -0.2) is 43.0 Å². The topological polar surface area (TPSA) is 119 Å². The first-order valence-electron chi connectivity index (χ1n) is 9.79. The molecule has 0 aliphatic carbocycles. The number of halogens is 3. The number of alkyl halides is 3. The second-order valence-electron chi connectivity index (χ2n) is 7.45. The Morgan fingerprint density at radius 1 is 1.15 bits per heavy atom. The number of nitro benzene ring substituents is 1. The number of rotatable bonds is 6. The highest BCUT2D eigenvalue weighted by Crippen LogP contribution is 2.29. The van der Waals surface area contributed by atoms with Crippen LogP contribution in [0.15, 0.2) is 47.4 Å². The average Bonchev–Trinajstić information content (AvgIpc) is 2.74. The summed E-state index contributed by atoms with van der Waals surface area (Å²) in [6.07, 6.45) is -4.38. The molecular weight excluding hydrogens is 467 g/mol. The van der Waals surface area contributed by atoms with Crippen molar-refractivity contribution in [3.05, 3.63) is 58.1 Å². The Hall–Kier alpha value is -3.19. The average molecular weight is 487 g/mol. The fourth-order valence-electron chi connectivity index (χ4n) is 3.46. The maximum Gasteiger partial charge on any atom is 0.573 e. The van der Waals surface area contributed by atoms with Crippen molar-refractivity contribution in [2.75, 3.05) is 18.4 Å². The van der Waals surface area contributed by atoms with Crippen molar-refractivity contribution >= 4 is 27.3 Å². The molecule has 0 saturated carbocycles. The number of benzene rings is 2. The molecule has 0 bridgehead atoms. The van der Waals surface area contributed by atoms with E-state index in [0.29, 0.717) is 5.56 Å². The molecule has 0 unspecified atom stereocenters. The third kappa shape index (κ3) is 5.99. The molecule has 33 heavy (non-hydrogen) atoms. The van der Waals surface area contributed by atoms with Crippen LogP contribution in [0.2, 0.25) is 0 Å². The molecule has 1 N–H and O–H groups in total. The summed E-state index contributed by atoms with van der Waals surface area (Å²) in [5.74, 6) is -1.31. The molecule has 1 fully saturated rings. The van der Waals surface area contributed by atoms with E-state index < -0.39 is 33.0 Å². The zero-order valence-corrected chi connectivity index (χ0v) is 18.1. The van der Waals surface area contributed by atoms with E-state index in [1.807, 2.05) is 0 Å². The number of carbonyl (C=O) groups excluding carboxylic acids is 1. The summed E-state index contributed by atoms with van der Waals surface area (Å²) in [6.45, 7) is 1.63. The number of nitro groups is 1. The minimum Gasteiger partial charge on any atom is -0.406 e. The number of hydrogen-bond donors (Lipinski definition) is 1. The predicted molar refractivity (Wildman–Crippen MR) is 111 cm³/mol. The van der Waals surface area contributed by atoms with Gasteiger partial charge in [0.05, 0.1) is 9.82 Å². The molecule has 1 heterocycles. The third-order valence-electron chi connectivity index (χ3n) is 5.18. The summed E-state index contributed by atoms with van der Waals surface area (Å²) in [5.41, 5.74) is 0.315. The van der Waals surface area contributed by atoms with Crippen LogP contribution in [0.5, 0.6) is 5.75 Å².